The van der Waals surface area contributed by atoms with Crippen LogP contribution < -0.4 is 0 Å². The molecule has 0 unspecified atom stereocenters. The summed E-state index contributed by atoms with van der Waals surface area (Å²) < 4.78 is 15.7. The van der Waals surface area contributed by atoms with Gasteiger partial charge in [-0.15, -0.1) is 11.6 Å². The van der Waals surface area contributed by atoms with Gasteiger partial charge in [0, 0.05) is 11.6 Å². The van der Waals surface area contributed by atoms with Crippen molar-refractivity contribution in [2.45, 2.75) is 12.4 Å². The molecule has 1 aromatic heterocycles. The van der Waals surface area contributed by atoms with Gasteiger partial charge < -0.3 is 4.57 Å². The number of para-hydroxylation sites is 1. The zero-order chi connectivity index (χ0) is 14.1. The summed E-state index contributed by atoms with van der Waals surface area (Å²) in [5.74, 6) is 0.541. The van der Waals surface area contributed by atoms with Gasteiger partial charge in [-0.2, -0.15) is 0 Å². The molecular weight excluding hydrogens is 298 g/mol. The molecule has 0 bridgehead atoms. The van der Waals surface area contributed by atoms with Crippen molar-refractivity contribution in [3.63, 3.8) is 0 Å². The van der Waals surface area contributed by atoms with E-state index in [0.717, 1.165) is 11.1 Å². The van der Waals surface area contributed by atoms with Crippen molar-refractivity contribution in [1.82, 2.24) is 9.55 Å². The molecular formula is C15H11Cl2FN2. The Morgan fingerprint density at radius 1 is 1.15 bits per heavy atom. The van der Waals surface area contributed by atoms with E-state index in [-0.39, 0.29) is 11.7 Å². The maximum absolute atomic E-state index is 13.8. The molecule has 5 heteroatoms. The summed E-state index contributed by atoms with van der Waals surface area (Å²) in [5.41, 5.74) is 2.11. The van der Waals surface area contributed by atoms with Gasteiger partial charge in [0.2, 0.25) is 0 Å². The molecule has 0 aliphatic heterocycles. The summed E-state index contributed by atoms with van der Waals surface area (Å²) in [6.45, 7) is 0.558. The first-order valence-corrected chi connectivity index (χ1v) is 7.04. The summed E-state index contributed by atoms with van der Waals surface area (Å²) >= 11 is 11.9. The fourth-order valence-corrected chi connectivity index (χ4v) is 2.67. The Hall–Kier alpha value is -1.58. The molecule has 2 aromatic carbocycles. The smallest absolute Gasteiger partial charge is 0.151 e. The Labute approximate surface area is 125 Å². The Kier molecular flexibility index (Phi) is 3.64. The fourth-order valence-electron chi connectivity index (χ4n) is 2.26. The molecule has 20 heavy (non-hydrogen) atoms. The van der Waals surface area contributed by atoms with E-state index < -0.39 is 0 Å². The van der Waals surface area contributed by atoms with Crippen LogP contribution in [0.2, 0.25) is 5.02 Å². The molecule has 3 rings (SSSR count). The lowest BCUT2D eigenvalue weighted by Gasteiger charge is -2.08. The van der Waals surface area contributed by atoms with Crippen molar-refractivity contribution in [3.8, 4) is 0 Å². The first kappa shape index (κ1) is 13.4. The highest BCUT2D eigenvalue weighted by Crippen LogP contribution is 2.22. The summed E-state index contributed by atoms with van der Waals surface area (Å²) in [5, 5.41) is 0.672. The lowest BCUT2D eigenvalue weighted by Crippen LogP contribution is -2.03. The zero-order valence-electron chi connectivity index (χ0n) is 10.5. The zero-order valence-corrected chi connectivity index (χ0v) is 12.0. The van der Waals surface area contributed by atoms with Gasteiger partial charge in [-0.3, -0.25) is 0 Å². The Morgan fingerprint density at radius 2 is 1.95 bits per heavy atom. The van der Waals surface area contributed by atoms with Gasteiger partial charge in [0.15, 0.2) is 5.82 Å². The Bertz CT molecular complexity index is 768. The predicted molar refractivity (Wildman–Crippen MR) is 79.8 cm³/mol. The Balaban J connectivity index is 2.12. The van der Waals surface area contributed by atoms with Gasteiger partial charge in [0.1, 0.15) is 11.3 Å². The van der Waals surface area contributed by atoms with Crippen LogP contribution >= 0.6 is 23.2 Å². The number of alkyl halides is 1. The molecule has 0 spiro atoms. The van der Waals surface area contributed by atoms with E-state index >= 15 is 0 Å². The number of halogens is 3. The number of hydrogen-bond acceptors (Lipinski definition) is 1. The highest BCUT2D eigenvalue weighted by Gasteiger charge is 2.13. The molecule has 102 valence electrons. The molecule has 0 fully saturated rings. The standard InChI is InChI=1S/C15H11Cl2FN2/c16-8-14-19-15-12(18)5-2-6-13(15)20(14)9-10-3-1-4-11(17)7-10/h1-7H,8-9H2. The van der Waals surface area contributed by atoms with E-state index in [2.05, 4.69) is 4.98 Å². The second-order valence-corrected chi connectivity index (χ2v) is 5.19. The van der Waals surface area contributed by atoms with Crippen molar-refractivity contribution in [2.24, 2.45) is 0 Å². The molecule has 0 saturated heterocycles. The number of benzene rings is 2. The van der Waals surface area contributed by atoms with E-state index in [1.165, 1.54) is 6.07 Å². The number of hydrogen-bond donors (Lipinski definition) is 0. The van der Waals surface area contributed by atoms with Crippen LogP contribution in [0.15, 0.2) is 42.5 Å². The highest BCUT2D eigenvalue weighted by atomic mass is 35.5. The number of fused-ring (bicyclic) bond motifs is 1. The first-order chi connectivity index (χ1) is 9.69. The molecule has 0 atom stereocenters. The van der Waals surface area contributed by atoms with Crippen LogP contribution in [-0.2, 0) is 12.4 Å². The van der Waals surface area contributed by atoms with Gasteiger partial charge in [0.25, 0.3) is 0 Å². The molecule has 2 nitrogen and oxygen atoms in total. The average molecular weight is 309 g/mol. The third-order valence-corrected chi connectivity index (χ3v) is 3.63. The van der Waals surface area contributed by atoms with E-state index in [0.29, 0.717) is 22.9 Å². The van der Waals surface area contributed by atoms with Gasteiger partial charge in [-0.1, -0.05) is 29.8 Å². The number of imidazole rings is 1. The maximum Gasteiger partial charge on any atom is 0.151 e. The molecule has 0 N–H and O–H groups in total. The third kappa shape index (κ3) is 2.39. The minimum atomic E-state index is -0.335. The summed E-state index contributed by atoms with van der Waals surface area (Å²) in [6.07, 6.45) is 0. The number of nitrogens with zero attached hydrogens (tertiary/aromatic N) is 2. The quantitative estimate of drug-likeness (QED) is 0.646. The normalized spacial score (nSPS) is 11.2. The molecule has 0 saturated carbocycles. The van der Waals surface area contributed by atoms with Crippen molar-refractivity contribution >= 4 is 34.2 Å². The van der Waals surface area contributed by atoms with Crippen LogP contribution in [0.4, 0.5) is 4.39 Å². The summed E-state index contributed by atoms with van der Waals surface area (Å²) in [4.78, 5) is 4.27. The van der Waals surface area contributed by atoms with Gasteiger partial charge >= 0.3 is 0 Å². The second kappa shape index (κ2) is 5.43. The molecule has 3 aromatic rings. The fraction of sp³-hybridized carbons (Fsp3) is 0.133. The van der Waals surface area contributed by atoms with Gasteiger partial charge in [-0.05, 0) is 29.8 Å². The van der Waals surface area contributed by atoms with Gasteiger partial charge in [-0.25, -0.2) is 9.37 Å². The van der Waals surface area contributed by atoms with Crippen molar-refractivity contribution in [3.05, 3.63) is 64.7 Å². The lowest BCUT2D eigenvalue weighted by molar-refractivity contribution is 0.637. The molecule has 0 amide bonds. The minimum Gasteiger partial charge on any atom is -0.322 e. The maximum atomic E-state index is 13.8. The minimum absolute atomic E-state index is 0.231. The van der Waals surface area contributed by atoms with Crippen LogP contribution in [0.3, 0.4) is 0 Å². The molecule has 0 aliphatic carbocycles. The third-order valence-electron chi connectivity index (χ3n) is 3.16. The van der Waals surface area contributed by atoms with Crippen molar-refractivity contribution < 1.29 is 4.39 Å². The van der Waals surface area contributed by atoms with Crippen LogP contribution in [-0.4, -0.2) is 9.55 Å². The SMILES string of the molecule is Fc1cccc2c1nc(CCl)n2Cc1cccc(Cl)c1. The molecule has 0 aliphatic rings. The second-order valence-electron chi connectivity index (χ2n) is 4.49. The van der Waals surface area contributed by atoms with E-state index in [9.17, 15) is 4.39 Å². The lowest BCUT2D eigenvalue weighted by atomic mass is 10.2. The van der Waals surface area contributed by atoms with E-state index in [1.807, 2.05) is 34.9 Å². The van der Waals surface area contributed by atoms with Crippen LogP contribution in [0, 0.1) is 5.82 Å². The van der Waals surface area contributed by atoms with E-state index in [4.69, 9.17) is 23.2 Å². The average Bonchev–Trinajstić information content (AvgIpc) is 2.79. The molecule has 0 radical (unpaired) electrons. The van der Waals surface area contributed by atoms with Crippen molar-refractivity contribution in [2.75, 3.05) is 0 Å². The largest absolute Gasteiger partial charge is 0.322 e. The summed E-state index contributed by atoms with van der Waals surface area (Å²) in [7, 11) is 0. The highest BCUT2D eigenvalue weighted by molar-refractivity contribution is 6.30. The first-order valence-electron chi connectivity index (χ1n) is 6.13. The number of aromatic nitrogens is 2. The van der Waals surface area contributed by atoms with E-state index in [1.54, 1.807) is 6.07 Å². The van der Waals surface area contributed by atoms with Crippen molar-refractivity contribution in [1.29, 1.82) is 0 Å². The van der Waals surface area contributed by atoms with Gasteiger partial charge in [0.05, 0.1) is 11.4 Å². The van der Waals surface area contributed by atoms with Crippen LogP contribution in [0.1, 0.15) is 11.4 Å². The monoisotopic (exact) mass is 308 g/mol. The number of rotatable bonds is 3. The van der Waals surface area contributed by atoms with Crippen LogP contribution in [0.25, 0.3) is 11.0 Å². The Morgan fingerprint density at radius 3 is 2.70 bits per heavy atom. The van der Waals surface area contributed by atoms with Crippen LogP contribution in [0.5, 0.6) is 0 Å². The predicted octanol–water partition coefficient (Wildman–Crippen LogP) is 4.62. The topological polar surface area (TPSA) is 17.8 Å². The molecule has 1 heterocycles. The summed E-state index contributed by atoms with van der Waals surface area (Å²) in [6, 6.07) is 12.5.